The molecule has 26 heavy (non-hydrogen) atoms. The van der Waals surface area contributed by atoms with Gasteiger partial charge in [0.05, 0.1) is 10.1 Å². The summed E-state index contributed by atoms with van der Waals surface area (Å²) in [5.41, 5.74) is 3.50. The highest BCUT2D eigenvalue weighted by Gasteiger charge is 2.29. The SMILES string of the molecule is Cc1ccc2c(c1)S[C@H](C(=O)Nc1ccc(C)c(S(=O)(=O)N(C)C)c1)C2. The van der Waals surface area contributed by atoms with E-state index in [4.69, 9.17) is 0 Å². The third-order valence-electron chi connectivity index (χ3n) is 4.40. The largest absolute Gasteiger partial charge is 0.325 e. The summed E-state index contributed by atoms with van der Waals surface area (Å²) in [6.07, 6.45) is 0.681. The maximum atomic E-state index is 12.7. The van der Waals surface area contributed by atoms with Crippen LogP contribution in [0.4, 0.5) is 5.69 Å². The van der Waals surface area contributed by atoms with Crippen LogP contribution in [0, 0.1) is 13.8 Å². The minimum Gasteiger partial charge on any atom is -0.325 e. The maximum absolute atomic E-state index is 12.7. The zero-order valence-electron chi connectivity index (χ0n) is 15.2. The molecule has 0 saturated heterocycles. The Kier molecular flexibility index (Phi) is 5.14. The third-order valence-corrected chi connectivity index (χ3v) is 7.66. The van der Waals surface area contributed by atoms with Crippen molar-refractivity contribution in [3.05, 3.63) is 53.1 Å². The summed E-state index contributed by atoms with van der Waals surface area (Å²) in [6.45, 7) is 3.78. The van der Waals surface area contributed by atoms with Gasteiger partial charge in [0.1, 0.15) is 0 Å². The van der Waals surface area contributed by atoms with Crippen LogP contribution in [0.5, 0.6) is 0 Å². The molecule has 0 unspecified atom stereocenters. The molecular formula is C19H22N2O3S2. The standard InChI is InChI=1S/C19H22N2O3S2/c1-12-5-7-14-10-17(25-16(14)9-12)19(22)20-15-8-6-13(2)18(11-15)26(23,24)21(3)4/h5-9,11,17H,10H2,1-4H3,(H,20,22)/t17-/m0/s1. The topological polar surface area (TPSA) is 66.5 Å². The number of nitrogens with one attached hydrogen (secondary N) is 1. The van der Waals surface area contributed by atoms with Gasteiger partial charge in [0.2, 0.25) is 15.9 Å². The molecule has 1 N–H and O–H groups in total. The Morgan fingerprint density at radius 3 is 2.58 bits per heavy atom. The molecule has 0 bridgehead atoms. The molecule has 2 aromatic rings. The molecule has 0 fully saturated rings. The van der Waals surface area contributed by atoms with Crippen LogP contribution in [0.3, 0.4) is 0 Å². The van der Waals surface area contributed by atoms with Gasteiger partial charge in [0.15, 0.2) is 0 Å². The lowest BCUT2D eigenvalue weighted by Gasteiger charge is -2.16. The first-order valence-corrected chi connectivity index (χ1v) is 10.6. The molecule has 2 aromatic carbocycles. The van der Waals surface area contributed by atoms with Gasteiger partial charge < -0.3 is 5.32 Å². The number of benzene rings is 2. The second kappa shape index (κ2) is 7.06. The van der Waals surface area contributed by atoms with E-state index in [1.165, 1.54) is 35.6 Å². The lowest BCUT2D eigenvalue weighted by atomic mass is 10.1. The van der Waals surface area contributed by atoms with E-state index < -0.39 is 10.0 Å². The average Bonchev–Trinajstić information content (AvgIpc) is 2.99. The van der Waals surface area contributed by atoms with Gasteiger partial charge in [-0.1, -0.05) is 23.8 Å². The average molecular weight is 391 g/mol. The number of fused-ring (bicyclic) bond motifs is 1. The van der Waals surface area contributed by atoms with E-state index in [2.05, 4.69) is 23.5 Å². The second-order valence-electron chi connectivity index (χ2n) is 6.68. The fourth-order valence-corrected chi connectivity index (χ4v) is 5.29. The zero-order valence-corrected chi connectivity index (χ0v) is 16.9. The first kappa shape index (κ1) is 18.9. The summed E-state index contributed by atoms with van der Waals surface area (Å²) in [4.78, 5) is 14.0. The van der Waals surface area contributed by atoms with Crippen LogP contribution >= 0.6 is 11.8 Å². The van der Waals surface area contributed by atoms with E-state index in [1.54, 1.807) is 30.8 Å². The minimum absolute atomic E-state index is 0.110. The van der Waals surface area contributed by atoms with Gasteiger partial charge in [-0.05, 0) is 49.6 Å². The van der Waals surface area contributed by atoms with Gasteiger partial charge in [0.25, 0.3) is 0 Å². The molecule has 1 aliphatic heterocycles. The van der Waals surface area contributed by atoms with E-state index in [-0.39, 0.29) is 16.1 Å². The Balaban J connectivity index is 1.79. The number of carbonyl (C=O) groups is 1. The van der Waals surface area contributed by atoms with Crippen LogP contribution in [0.15, 0.2) is 46.2 Å². The van der Waals surface area contributed by atoms with Crippen molar-refractivity contribution in [1.82, 2.24) is 4.31 Å². The minimum atomic E-state index is -3.56. The molecule has 1 aliphatic rings. The van der Waals surface area contributed by atoms with E-state index in [0.29, 0.717) is 17.7 Å². The maximum Gasteiger partial charge on any atom is 0.242 e. The smallest absolute Gasteiger partial charge is 0.242 e. The molecule has 3 rings (SSSR count). The number of hydrogen-bond donors (Lipinski definition) is 1. The lowest BCUT2D eigenvalue weighted by Crippen LogP contribution is -2.26. The first-order valence-electron chi connectivity index (χ1n) is 8.28. The van der Waals surface area contributed by atoms with Crippen LogP contribution in [-0.2, 0) is 21.2 Å². The van der Waals surface area contributed by atoms with E-state index >= 15 is 0 Å². The quantitative estimate of drug-likeness (QED) is 0.871. The summed E-state index contributed by atoms with van der Waals surface area (Å²) >= 11 is 1.56. The van der Waals surface area contributed by atoms with Crippen LogP contribution in [-0.4, -0.2) is 38.0 Å². The summed E-state index contributed by atoms with van der Waals surface area (Å²) in [5, 5.41) is 2.66. The number of hydrogen-bond acceptors (Lipinski definition) is 4. The Bertz CT molecular complexity index is 969. The van der Waals surface area contributed by atoms with E-state index in [0.717, 1.165) is 4.90 Å². The Morgan fingerprint density at radius 1 is 1.15 bits per heavy atom. The van der Waals surface area contributed by atoms with E-state index in [9.17, 15) is 13.2 Å². The van der Waals surface area contributed by atoms with Crippen molar-refractivity contribution in [3.8, 4) is 0 Å². The van der Waals surface area contributed by atoms with Crippen LogP contribution in [0.2, 0.25) is 0 Å². The van der Waals surface area contributed by atoms with Crippen LogP contribution in [0.1, 0.15) is 16.7 Å². The molecule has 1 amide bonds. The highest BCUT2D eigenvalue weighted by Crippen LogP contribution is 2.38. The molecule has 0 radical (unpaired) electrons. The summed E-state index contributed by atoms with van der Waals surface area (Å²) in [5.74, 6) is -0.110. The van der Waals surface area contributed by atoms with Crippen molar-refractivity contribution in [2.75, 3.05) is 19.4 Å². The van der Waals surface area contributed by atoms with Gasteiger partial charge in [-0.3, -0.25) is 4.79 Å². The monoisotopic (exact) mass is 390 g/mol. The zero-order chi connectivity index (χ0) is 19.1. The summed E-state index contributed by atoms with van der Waals surface area (Å²) in [6, 6.07) is 11.2. The normalized spacial score (nSPS) is 16.6. The molecule has 0 spiro atoms. The molecule has 0 saturated carbocycles. The van der Waals surface area contributed by atoms with Crippen molar-refractivity contribution in [2.45, 2.75) is 35.3 Å². The van der Waals surface area contributed by atoms with Gasteiger partial charge in [0, 0.05) is 24.7 Å². The first-order chi connectivity index (χ1) is 12.2. The lowest BCUT2D eigenvalue weighted by molar-refractivity contribution is -0.115. The number of aryl methyl sites for hydroxylation is 2. The molecule has 0 aromatic heterocycles. The number of nitrogens with zero attached hydrogens (tertiary/aromatic N) is 1. The van der Waals surface area contributed by atoms with Gasteiger partial charge in [-0.15, -0.1) is 11.8 Å². The summed E-state index contributed by atoms with van der Waals surface area (Å²) < 4.78 is 26.0. The molecule has 5 nitrogen and oxygen atoms in total. The number of anilines is 1. The van der Waals surface area contributed by atoms with E-state index in [1.807, 2.05) is 6.92 Å². The number of sulfonamides is 1. The van der Waals surface area contributed by atoms with Crippen molar-refractivity contribution < 1.29 is 13.2 Å². The predicted molar refractivity (Wildman–Crippen MR) is 105 cm³/mol. The molecule has 138 valence electrons. The van der Waals surface area contributed by atoms with Crippen molar-refractivity contribution >= 4 is 33.4 Å². The highest BCUT2D eigenvalue weighted by molar-refractivity contribution is 8.01. The number of thioether (sulfide) groups is 1. The number of rotatable bonds is 4. The summed E-state index contributed by atoms with van der Waals surface area (Å²) in [7, 11) is -0.568. The molecule has 7 heteroatoms. The van der Waals surface area contributed by atoms with Gasteiger partial charge in [-0.25, -0.2) is 12.7 Å². The van der Waals surface area contributed by atoms with Gasteiger partial charge in [-0.2, -0.15) is 0 Å². The molecular weight excluding hydrogens is 368 g/mol. The predicted octanol–water partition coefficient (Wildman–Crippen LogP) is 3.21. The Morgan fingerprint density at radius 2 is 1.88 bits per heavy atom. The number of amides is 1. The second-order valence-corrected chi connectivity index (χ2v) is 10.0. The van der Waals surface area contributed by atoms with Crippen LogP contribution < -0.4 is 5.32 Å². The molecule has 1 heterocycles. The highest BCUT2D eigenvalue weighted by atomic mass is 32.2. The third kappa shape index (κ3) is 3.65. The van der Waals surface area contributed by atoms with Crippen molar-refractivity contribution in [3.63, 3.8) is 0 Å². The molecule has 1 atom stereocenters. The van der Waals surface area contributed by atoms with Gasteiger partial charge >= 0.3 is 0 Å². The Labute approximate surface area is 158 Å². The Hall–Kier alpha value is -1.83. The molecule has 0 aliphatic carbocycles. The fourth-order valence-electron chi connectivity index (χ4n) is 2.86. The van der Waals surface area contributed by atoms with Crippen molar-refractivity contribution in [1.29, 1.82) is 0 Å². The van der Waals surface area contributed by atoms with Crippen molar-refractivity contribution in [2.24, 2.45) is 0 Å². The fraction of sp³-hybridized carbons (Fsp3) is 0.316. The van der Waals surface area contributed by atoms with Crippen LogP contribution in [0.25, 0.3) is 0 Å². The number of carbonyl (C=O) groups excluding carboxylic acids is 1.